The molecule has 2 aliphatic heterocycles. The van der Waals surface area contributed by atoms with Crippen LogP contribution in [0.15, 0.2) is 376 Å². The van der Waals surface area contributed by atoms with E-state index in [2.05, 4.69) is 20.8 Å². The van der Waals surface area contributed by atoms with Gasteiger partial charge in [0.2, 0.25) is 0 Å². The van der Waals surface area contributed by atoms with E-state index in [1.165, 1.54) is 0 Å². The summed E-state index contributed by atoms with van der Waals surface area (Å²) in [6, 6.07) is 61.8. The number of anilines is 6. The van der Waals surface area contributed by atoms with Crippen molar-refractivity contribution in [3.05, 3.63) is 381 Å². The monoisotopic (exact) mass is 1360 g/mol. The Balaban J connectivity index is 1.07. The minimum Gasteiger partial charge on any atom is -0.310 e. The van der Waals surface area contributed by atoms with Crippen LogP contribution in [0.1, 0.15) is 56.5 Å². The second-order valence-electron chi connectivity index (χ2n) is 27.4. The Morgan fingerprint density at radius 1 is 0.276 bits per heavy atom. The highest BCUT2D eigenvalue weighted by Crippen LogP contribution is 2.56. The van der Waals surface area contributed by atoms with Crippen LogP contribution in [0.4, 0.5) is 34.1 Å². The quantitative estimate of drug-likeness (QED) is 0.120. The third kappa shape index (κ3) is 10.2. The molecule has 0 N–H and O–H groups in total. The lowest BCUT2D eigenvalue weighted by atomic mass is 9.33. The van der Waals surface area contributed by atoms with E-state index < -0.39 is 173 Å². The number of hydrogen-bond donors (Lipinski definition) is 0. The fourth-order valence-corrected chi connectivity index (χ4v) is 15.5. The summed E-state index contributed by atoms with van der Waals surface area (Å²) in [4.78, 5) is 3.74. The molecule has 0 spiro atoms. The van der Waals surface area contributed by atoms with E-state index in [1.54, 1.807) is 0 Å². The van der Waals surface area contributed by atoms with Gasteiger partial charge in [-0.2, -0.15) is 0 Å². The third-order valence-corrected chi connectivity index (χ3v) is 20.4. The normalized spacial score (nSPS) is 15.4. The average Bonchev–Trinajstić information content (AvgIpc) is 1.46. The SMILES string of the molecule is [2H]c1c([2H])c(-n2c3c([2H])c([2H])c([2H])c([2H])c3c3c([2H])c([2H])c([2H])c([2H])c32)c([2H])c2c1B1c3c(cc(-c4ccc(C(C)(C)C)cc4)cc3N(c3c(-c4ccccc4)cc(-c4ccccc4)cc3-c3ccccc3)c3c([2H])c(-n4c5c([2H])c([2H])c([2H])c([2H])c5c5c([2H])c([2H])c([2H])c([2H])c54)c([2H])c([2H])c31)N2c1c(-c2ccccc2)cc(-c2ccccc2)cc1-c1ccccc1. The molecule has 0 bridgehead atoms. The van der Waals surface area contributed by atoms with Gasteiger partial charge in [-0.3, -0.25) is 0 Å². The van der Waals surface area contributed by atoms with Crippen molar-refractivity contribution in [1.82, 2.24) is 9.13 Å². The minimum absolute atomic E-state index is 0.184. The van der Waals surface area contributed by atoms with Crippen molar-refractivity contribution in [2.24, 2.45) is 0 Å². The second-order valence-corrected chi connectivity index (χ2v) is 27.4. The molecule has 16 aromatic carbocycles. The van der Waals surface area contributed by atoms with Crippen LogP contribution in [-0.2, 0) is 5.41 Å². The summed E-state index contributed by atoms with van der Waals surface area (Å²) in [5.74, 6) is 0. The zero-order valence-corrected chi connectivity index (χ0v) is 57.0. The summed E-state index contributed by atoms with van der Waals surface area (Å²) >= 11 is 0. The van der Waals surface area contributed by atoms with Gasteiger partial charge in [0.25, 0.3) is 6.71 Å². The van der Waals surface area contributed by atoms with E-state index in [9.17, 15) is 24.7 Å². The van der Waals surface area contributed by atoms with Gasteiger partial charge in [-0.05, 0) is 168 Å². The third-order valence-electron chi connectivity index (χ3n) is 20.4. The van der Waals surface area contributed by atoms with Gasteiger partial charge in [-0.1, -0.05) is 312 Å². The van der Waals surface area contributed by atoms with Crippen molar-refractivity contribution in [3.63, 3.8) is 0 Å². The molecule has 0 atom stereocenters. The van der Waals surface area contributed by atoms with E-state index in [0.717, 1.165) is 37.0 Å². The minimum atomic E-state index is -1.70. The van der Waals surface area contributed by atoms with Crippen LogP contribution in [0.5, 0.6) is 0 Å². The molecule has 20 rings (SSSR count). The fraction of sp³-hybridized carbons (Fsp3) is 0.0400. The lowest BCUT2D eigenvalue weighted by Gasteiger charge is -2.46. The molecule has 0 saturated heterocycles. The molecule has 2 aromatic heterocycles. The molecule has 0 fully saturated rings. The first-order valence-electron chi connectivity index (χ1n) is 45.8. The molecular weight excluding hydrogens is 1270 g/mol. The van der Waals surface area contributed by atoms with Gasteiger partial charge < -0.3 is 18.9 Å². The highest BCUT2D eigenvalue weighted by atomic mass is 15.2. The molecule has 0 unspecified atom stereocenters. The Morgan fingerprint density at radius 2 is 0.562 bits per heavy atom. The maximum Gasteiger partial charge on any atom is 0.252 e. The summed E-state index contributed by atoms with van der Waals surface area (Å²) in [5.41, 5.74) is 7.42. The molecule has 0 aliphatic carbocycles. The van der Waals surface area contributed by atoms with Crippen LogP contribution in [0.25, 0.3) is 133 Å². The average molecular weight is 1360 g/mol. The molecule has 0 amide bonds. The summed E-state index contributed by atoms with van der Waals surface area (Å²) in [6.07, 6.45) is 0. The molecule has 0 saturated carbocycles. The van der Waals surface area contributed by atoms with Gasteiger partial charge in [0.15, 0.2) is 0 Å². The van der Waals surface area contributed by atoms with Crippen molar-refractivity contribution in [2.75, 3.05) is 9.80 Å². The molecular formula is C100H71BN4. The Bertz CT molecular complexity index is 7100. The lowest BCUT2D eigenvalue weighted by Crippen LogP contribution is -2.61. The Labute approximate surface area is 643 Å². The van der Waals surface area contributed by atoms with Gasteiger partial charge in [0.1, 0.15) is 0 Å². The Kier molecular flexibility index (Phi) is 10.1. The maximum atomic E-state index is 11.9. The first kappa shape index (κ1) is 42.9. The Hall–Kier alpha value is -13.2. The van der Waals surface area contributed by atoms with Crippen molar-refractivity contribution in [2.45, 2.75) is 26.2 Å². The Morgan fingerprint density at radius 3 is 0.876 bits per heavy atom. The first-order chi connectivity index (χ1) is 60.9. The van der Waals surface area contributed by atoms with E-state index in [4.69, 9.17) is 5.48 Å². The zero-order chi connectivity index (χ0) is 89.0. The van der Waals surface area contributed by atoms with Crippen molar-refractivity contribution in [3.8, 4) is 89.3 Å². The van der Waals surface area contributed by atoms with E-state index in [0.29, 0.717) is 67.0 Å². The molecule has 494 valence electrons. The number of rotatable bonds is 11. The first-order valence-corrected chi connectivity index (χ1v) is 34.8. The smallest absolute Gasteiger partial charge is 0.252 e. The number of para-hydroxylation sites is 4. The summed E-state index contributed by atoms with van der Waals surface area (Å²) < 4.78 is 224. The highest BCUT2D eigenvalue weighted by Gasteiger charge is 2.46. The fourth-order valence-electron chi connectivity index (χ4n) is 15.5. The van der Waals surface area contributed by atoms with Crippen LogP contribution in [0, 0.1) is 0 Å². The summed E-state index contributed by atoms with van der Waals surface area (Å²) in [5, 5.41) is -1.46. The number of benzene rings is 16. The summed E-state index contributed by atoms with van der Waals surface area (Å²) in [7, 11) is 0. The van der Waals surface area contributed by atoms with Gasteiger partial charge >= 0.3 is 0 Å². The molecule has 5 heteroatoms. The largest absolute Gasteiger partial charge is 0.310 e. The van der Waals surface area contributed by atoms with Gasteiger partial charge in [0.05, 0.1) is 63.6 Å². The van der Waals surface area contributed by atoms with Crippen molar-refractivity contribution < 1.29 is 30.2 Å². The van der Waals surface area contributed by atoms with Crippen LogP contribution >= 0.6 is 0 Å². The van der Waals surface area contributed by atoms with Gasteiger partial charge in [0, 0.05) is 77.9 Å². The van der Waals surface area contributed by atoms with Crippen LogP contribution in [0.3, 0.4) is 0 Å². The van der Waals surface area contributed by atoms with E-state index >= 15 is 0 Å². The number of aromatic nitrogens is 2. The maximum absolute atomic E-state index is 11.9. The topological polar surface area (TPSA) is 16.3 Å². The number of nitrogens with zero attached hydrogens (tertiary/aromatic N) is 4. The zero-order valence-electron chi connectivity index (χ0n) is 79.0. The number of fused-ring (bicyclic) bond motifs is 10. The van der Waals surface area contributed by atoms with Crippen LogP contribution in [0.2, 0.25) is 0 Å². The second kappa shape index (κ2) is 24.8. The van der Waals surface area contributed by atoms with Crippen LogP contribution < -0.4 is 26.2 Å². The molecule has 18 aromatic rings. The highest BCUT2D eigenvalue weighted by molar-refractivity contribution is 7.00. The van der Waals surface area contributed by atoms with Crippen molar-refractivity contribution >= 4 is 101 Å². The number of hydrogen-bond acceptors (Lipinski definition) is 2. The molecule has 4 heterocycles. The molecule has 0 radical (unpaired) electrons. The predicted octanol–water partition coefficient (Wildman–Crippen LogP) is 24.9. The molecule has 105 heavy (non-hydrogen) atoms. The standard InChI is InChI=1S/C100H71BN4/c1-100(2,3)76-52-50-68(51-53-76)75-62-95-97-96(63-75)105(99-85(71-38-18-8-19-39-71)60-74(67-32-12-5-13-33-67)61-86(99)72-40-20-9-21-41-72)94-65-78(103-91-48-28-24-44-81(91)82-45-25-29-49-92(82)103)55-57-88(94)101(97)87-56-54-77(102-89-46-26-22-42-79(89)80-43-23-27-47-90(80)102)64-93(87)104(95)98-83(69-34-14-6-15-35-69)58-73(66-30-10-4-11-31-66)59-84(98)70-36-16-7-17-37-70/h4-65H,1-3H3/i22D,23D,24D,25D,26D,27D,28D,29D,42D,43D,44D,45D,46D,47D,48D,49D,54D,55D,56D,57D,64D,65D. The van der Waals surface area contributed by atoms with Crippen molar-refractivity contribution in [1.29, 1.82) is 0 Å². The lowest BCUT2D eigenvalue weighted by molar-refractivity contribution is 0.590. The van der Waals surface area contributed by atoms with E-state index in [1.807, 2.05) is 252 Å². The van der Waals surface area contributed by atoms with Crippen LogP contribution in [-0.4, -0.2) is 15.8 Å². The molecule has 4 nitrogen and oxygen atoms in total. The summed E-state index contributed by atoms with van der Waals surface area (Å²) in [6.45, 7) is 4.61. The van der Waals surface area contributed by atoms with Gasteiger partial charge in [-0.25, -0.2) is 0 Å². The van der Waals surface area contributed by atoms with E-state index in [-0.39, 0.29) is 66.1 Å². The van der Waals surface area contributed by atoms with Gasteiger partial charge in [-0.15, -0.1) is 0 Å². The molecule has 2 aliphatic rings. The predicted molar refractivity (Wildman–Crippen MR) is 446 cm³/mol.